The minimum atomic E-state index is -4.22. The standard InChI is InChI=1S/C14H20F3NO2/c1-3-11(18)8-10-9-12(19-2)4-5-13(10)20-7-6-14(15,16)17/h4-5,9,11H,3,6-8,18H2,1-2H3. The average Bonchev–Trinajstić information content (AvgIpc) is 2.38. The van der Waals surface area contributed by atoms with Crippen LogP contribution in [0.25, 0.3) is 0 Å². The minimum Gasteiger partial charge on any atom is -0.497 e. The second kappa shape index (κ2) is 7.38. The molecule has 0 amide bonds. The van der Waals surface area contributed by atoms with Crippen LogP contribution in [0.1, 0.15) is 25.3 Å². The van der Waals surface area contributed by atoms with Gasteiger partial charge in [-0.1, -0.05) is 6.92 Å². The maximum atomic E-state index is 12.1. The van der Waals surface area contributed by atoms with E-state index in [9.17, 15) is 13.2 Å². The van der Waals surface area contributed by atoms with Crippen LogP contribution in [-0.4, -0.2) is 25.9 Å². The van der Waals surface area contributed by atoms with Gasteiger partial charge < -0.3 is 15.2 Å². The number of hydrogen-bond acceptors (Lipinski definition) is 3. The van der Waals surface area contributed by atoms with Crippen molar-refractivity contribution in [1.82, 2.24) is 0 Å². The third kappa shape index (κ3) is 5.69. The van der Waals surface area contributed by atoms with E-state index in [1.165, 1.54) is 7.11 Å². The summed E-state index contributed by atoms with van der Waals surface area (Å²) in [5.41, 5.74) is 6.65. The Morgan fingerprint density at radius 1 is 1.30 bits per heavy atom. The Balaban J connectivity index is 2.77. The van der Waals surface area contributed by atoms with Crippen LogP contribution in [0.15, 0.2) is 18.2 Å². The first-order chi connectivity index (χ1) is 9.35. The molecule has 0 heterocycles. The fourth-order valence-electron chi connectivity index (χ4n) is 1.69. The second-order valence-electron chi connectivity index (χ2n) is 4.56. The van der Waals surface area contributed by atoms with Crippen molar-refractivity contribution in [2.75, 3.05) is 13.7 Å². The van der Waals surface area contributed by atoms with Crippen LogP contribution in [0.2, 0.25) is 0 Å². The molecule has 0 bridgehead atoms. The van der Waals surface area contributed by atoms with E-state index in [0.717, 1.165) is 12.0 Å². The molecule has 0 saturated carbocycles. The van der Waals surface area contributed by atoms with Gasteiger partial charge >= 0.3 is 6.18 Å². The number of hydrogen-bond donors (Lipinski definition) is 1. The molecule has 0 spiro atoms. The lowest BCUT2D eigenvalue weighted by atomic mass is 10.0. The summed E-state index contributed by atoms with van der Waals surface area (Å²) >= 11 is 0. The zero-order valence-corrected chi connectivity index (χ0v) is 11.7. The van der Waals surface area contributed by atoms with Crippen LogP contribution in [-0.2, 0) is 6.42 Å². The Morgan fingerprint density at radius 3 is 2.55 bits per heavy atom. The normalized spacial score (nSPS) is 13.1. The molecular formula is C14H20F3NO2. The summed E-state index contributed by atoms with van der Waals surface area (Å²) in [6.45, 7) is 1.55. The lowest BCUT2D eigenvalue weighted by Gasteiger charge is -2.16. The molecule has 20 heavy (non-hydrogen) atoms. The van der Waals surface area contributed by atoms with E-state index in [1.54, 1.807) is 18.2 Å². The fraction of sp³-hybridized carbons (Fsp3) is 0.571. The summed E-state index contributed by atoms with van der Waals surface area (Å²) in [6.07, 6.45) is -3.88. The molecule has 0 aliphatic rings. The second-order valence-corrected chi connectivity index (χ2v) is 4.56. The van der Waals surface area contributed by atoms with Crippen LogP contribution >= 0.6 is 0 Å². The summed E-state index contributed by atoms with van der Waals surface area (Å²) in [4.78, 5) is 0. The number of methoxy groups -OCH3 is 1. The Morgan fingerprint density at radius 2 is 2.00 bits per heavy atom. The van der Waals surface area contributed by atoms with Gasteiger partial charge in [0, 0.05) is 6.04 Å². The van der Waals surface area contributed by atoms with Crippen molar-refractivity contribution in [1.29, 1.82) is 0 Å². The van der Waals surface area contributed by atoms with Gasteiger partial charge in [-0.2, -0.15) is 13.2 Å². The Labute approximate surface area is 116 Å². The summed E-state index contributed by atoms with van der Waals surface area (Å²) in [6, 6.07) is 4.96. The Hall–Kier alpha value is -1.43. The lowest BCUT2D eigenvalue weighted by Crippen LogP contribution is -2.22. The molecule has 1 aromatic rings. The lowest BCUT2D eigenvalue weighted by molar-refractivity contribution is -0.139. The van der Waals surface area contributed by atoms with Gasteiger partial charge in [0.2, 0.25) is 0 Å². The van der Waals surface area contributed by atoms with Crippen molar-refractivity contribution in [3.63, 3.8) is 0 Å². The van der Waals surface area contributed by atoms with Crippen molar-refractivity contribution in [2.24, 2.45) is 5.73 Å². The van der Waals surface area contributed by atoms with Gasteiger partial charge in [0.25, 0.3) is 0 Å². The van der Waals surface area contributed by atoms with E-state index in [4.69, 9.17) is 15.2 Å². The molecule has 1 aromatic carbocycles. The van der Waals surface area contributed by atoms with Crippen LogP contribution in [0.4, 0.5) is 13.2 Å². The van der Waals surface area contributed by atoms with Crippen LogP contribution in [0.5, 0.6) is 11.5 Å². The van der Waals surface area contributed by atoms with Crippen molar-refractivity contribution >= 4 is 0 Å². The number of rotatable bonds is 7. The quantitative estimate of drug-likeness (QED) is 0.838. The first kappa shape index (κ1) is 16.6. The molecule has 3 nitrogen and oxygen atoms in total. The van der Waals surface area contributed by atoms with Gasteiger partial charge in [-0.05, 0) is 36.6 Å². The van der Waals surface area contributed by atoms with Crippen LogP contribution in [0, 0.1) is 0 Å². The Kier molecular flexibility index (Phi) is 6.13. The first-order valence-corrected chi connectivity index (χ1v) is 6.47. The third-order valence-electron chi connectivity index (χ3n) is 2.92. The van der Waals surface area contributed by atoms with Crippen molar-refractivity contribution < 1.29 is 22.6 Å². The highest BCUT2D eigenvalue weighted by atomic mass is 19.4. The molecule has 0 radical (unpaired) electrons. The van der Waals surface area contributed by atoms with Crippen molar-refractivity contribution in [3.05, 3.63) is 23.8 Å². The average molecular weight is 291 g/mol. The molecule has 1 unspecified atom stereocenters. The highest BCUT2D eigenvalue weighted by Gasteiger charge is 2.27. The molecule has 1 rings (SSSR count). The smallest absolute Gasteiger partial charge is 0.392 e. The molecular weight excluding hydrogens is 271 g/mol. The van der Waals surface area contributed by atoms with E-state index in [-0.39, 0.29) is 6.04 Å². The highest BCUT2D eigenvalue weighted by molar-refractivity contribution is 5.40. The molecule has 1 atom stereocenters. The summed E-state index contributed by atoms with van der Waals surface area (Å²) < 4.78 is 46.7. The van der Waals surface area contributed by atoms with Crippen LogP contribution in [0.3, 0.4) is 0 Å². The monoisotopic (exact) mass is 291 g/mol. The fourth-order valence-corrected chi connectivity index (χ4v) is 1.69. The van der Waals surface area contributed by atoms with Crippen molar-refractivity contribution in [2.45, 2.75) is 38.4 Å². The van der Waals surface area contributed by atoms with Gasteiger partial charge in [0.05, 0.1) is 20.1 Å². The summed E-state index contributed by atoms with van der Waals surface area (Å²) in [7, 11) is 1.53. The zero-order valence-electron chi connectivity index (χ0n) is 11.7. The largest absolute Gasteiger partial charge is 0.497 e. The first-order valence-electron chi connectivity index (χ1n) is 6.47. The molecule has 6 heteroatoms. The number of alkyl halides is 3. The number of halogens is 3. The van der Waals surface area contributed by atoms with E-state index >= 15 is 0 Å². The van der Waals surface area contributed by atoms with Gasteiger partial charge in [0.1, 0.15) is 11.5 Å². The predicted octanol–water partition coefficient (Wildman–Crippen LogP) is 3.31. The van der Waals surface area contributed by atoms with Gasteiger partial charge in [-0.25, -0.2) is 0 Å². The van der Waals surface area contributed by atoms with Crippen LogP contribution < -0.4 is 15.2 Å². The Bertz CT molecular complexity index is 421. The summed E-state index contributed by atoms with van der Waals surface area (Å²) in [5.74, 6) is 1.06. The van der Waals surface area contributed by atoms with Gasteiger partial charge in [-0.15, -0.1) is 0 Å². The van der Waals surface area contributed by atoms with E-state index < -0.39 is 19.2 Å². The molecule has 114 valence electrons. The summed E-state index contributed by atoms with van der Waals surface area (Å²) in [5, 5.41) is 0. The topological polar surface area (TPSA) is 44.5 Å². The molecule has 0 aliphatic carbocycles. The maximum Gasteiger partial charge on any atom is 0.392 e. The molecule has 0 aromatic heterocycles. The van der Waals surface area contributed by atoms with E-state index in [0.29, 0.717) is 17.9 Å². The van der Waals surface area contributed by atoms with Crippen molar-refractivity contribution in [3.8, 4) is 11.5 Å². The SMILES string of the molecule is CCC(N)Cc1cc(OC)ccc1OCCC(F)(F)F. The number of benzene rings is 1. The van der Waals surface area contributed by atoms with Gasteiger partial charge in [0.15, 0.2) is 0 Å². The third-order valence-corrected chi connectivity index (χ3v) is 2.92. The molecule has 2 N–H and O–H groups in total. The number of ether oxygens (including phenoxy) is 2. The minimum absolute atomic E-state index is 0.0629. The maximum absolute atomic E-state index is 12.1. The predicted molar refractivity (Wildman–Crippen MR) is 71.1 cm³/mol. The van der Waals surface area contributed by atoms with E-state index in [1.807, 2.05) is 6.92 Å². The zero-order chi connectivity index (χ0) is 15.2. The molecule has 0 fully saturated rings. The highest BCUT2D eigenvalue weighted by Crippen LogP contribution is 2.27. The molecule has 0 saturated heterocycles. The number of nitrogens with two attached hydrogens (primary N) is 1. The van der Waals surface area contributed by atoms with E-state index in [2.05, 4.69) is 0 Å². The molecule has 0 aliphatic heterocycles. The van der Waals surface area contributed by atoms with Gasteiger partial charge in [-0.3, -0.25) is 0 Å².